The third kappa shape index (κ3) is 1.84. The van der Waals surface area contributed by atoms with E-state index in [9.17, 15) is 4.79 Å². The summed E-state index contributed by atoms with van der Waals surface area (Å²) in [5.41, 5.74) is 1.28. The van der Waals surface area contributed by atoms with E-state index in [4.69, 9.17) is 0 Å². The number of carbonyl (C=O) groups is 1. The second-order valence-corrected chi connectivity index (χ2v) is 5.01. The van der Waals surface area contributed by atoms with Gasteiger partial charge < -0.3 is 10.1 Å². The number of nitrogens with zero attached hydrogens (tertiary/aromatic N) is 1. The molecule has 2 unspecified atom stereocenters. The Morgan fingerprint density at radius 2 is 1.93 bits per heavy atom. The van der Waals surface area contributed by atoms with E-state index in [0.717, 1.165) is 6.42 Å². The van der Waals surface area contributed by atoms with Crippen LogP contribution in [0.4, 0.5) is 0 Å². The van der Waals surface area contributed by atoms with Gasteiger partial charge in [-0.2, -0.15) is 0 Å². The quantitative estimate of drug-likeness (QED) is 0.496. The molecule has 2 aliphatic rings. The fourth-order valence-corrected chi connectivity index (χ4v) is 3.00. The molecule has 2 rings (SSSR count). The van der Waals surface area contributed by atoms with Gasteiger partial charge in [0, 0.05) is 32.7 Å². The summed E-state index contributed by atoms with van der Waals surface area (Å²) in [4.78, 5) is 11.1. The van der Waals surface area contributed by atoms with Gasteiger partial charge in [-0.1, -0.05) is 44.4 Å². The maximum atomic E-state index is 11.1. The fraction of sp³-hybridized carbons (Fsp3) is 0.750. The molecular weight excluding hydrogens is 263 g/mol. The van der Waals surface area contributed by atoms with Crippen LogP contribution in [-0.2, 0) is 37.5 Å². The first-order chi connectivity index (χ1) is 6.47. The summed E-state index contributed by atoms with van der Waals surface area (Å²) in [6.07, 6.45) is 1.69. The number of hydrogen-bond acceptors (Lipinski definition) is 1. The van der Waals surface area contributed by atoms with Gasteiger partial charge in [0.1, 0.15) is 0 Å². The van der Waals surface area contributed by atoms with Crippen LogP contribution in [0.5, 0.6) is 0 Å². The SMILES string of the molecule is C=C1CC(C)C2(CC(=O)[N-]2)[C@H](C)[C@@H]1C.[Y]. The smallest absolute Gasteiger partial charge is 0.0506 e. The van der Waals surface area contributed by atoms with Gasteiger partial charge in [-0.15, -0.1) is 0 Å². The van der Waals surface area contributed by atoms with Crippen LogP contribution in [0.15, 0.2) is 12.2 Å². The number of β-lactam (4-membered cyclic amide) rings is 1. The van der Waals surface area contributed by atoms with Gasteiger partial charge in [0.2, 0.25) is 0 Å². The Morgan fingerprint density at radius 1 is 1.40 bits per heavy atom. The molecule has 1 amide bonds. The van der Waals surface area contributed by atoms with Crippen LogP contribution >= 0.6 is 0 Å². The molecule has 0 aromatic rings. The molecule has 3 heteroatoms. The molecule has 0 bridgehead atoms. The number of hydrogen-bond donors (Lipinski definition) is 0. The van der Waals surface area contributed by atoms with Gasteiger partial charge in [0.25, 0.3) is 0 Å². The van der Waals surface area contributed by atoms with Gasteiger partial charge >= 0.3 is 0 Å². The molecule has 0 N–H and O–H groups in total. The van der Waals surface area contributed by atoms with Crippen molar-refractivity contribution < 1.29 is 37.5 Å². The van der Waals surface area contributed by atoms with Crippen molar-refractivity contribution in [1.29, 1.82) is 0 Å². The van der Waals surface area contributed by atoms with Crippen molar-refractivity contribution in [3.8, 4) is 0 Å². The zero-order chi connectivity index (χ0) is 10.5. The topological polar surface area (TPSA) is 31.2 Å². The molecule has 1 saturated carbocycles. The molecule has 4 atom stereocenters. The second kappa shape index (κ2) is 4.29. The average Bonchev–Trinajstić information content (AvgIpc) is 2.07. The second-order valence-electron chi connectivity index (χ2n) is 5.01. The Morgan fingerprint density at radius 3 is 2.40 bits per heavy atom. The van der Waals surface area contributed by atoms with Crippen molar-refractivity contribution in [2.75, 3.05) is 0 Å². The average molecular weight is 281 g/mol. The summed E-state index contributed by atoms with van der Waals surface area (Å²) in [6.45, 7) is 10.7. The molecule has 1 aliphatic carbocycles. The zero-order valence-electron chi connectivity index (χ0n) is 9.79. The van der Waals surface area contributed by atoms with Crippen LogP contribution in [0.3, 0.4) is 0 Å². The maximum absolute atomic E-state index is 11.1. The van der Waals surface area contributed by atoms with E-state index in [1.807, 2.05) is 0 Å². The largest absolute Gasteiger partial charge is 0.647 e. The van der Waals surface area contributed by atoms with Gasteiger partial charge in [-0.25, -0.2) is 0 Å². The predicted molar refractivity (Wildman–Crippen MR) is 57.0 cm³/mol. The summed E-state index contributed by atoms with van der Waals surface area (Å²) in [6, 6.07) is 0. The standard InChI is InChI=1S/C12H19NO.Y/c1-7-5-8(2)12(6-11(14)13-12)10(4)9(7)3;/h8-10H,1,5-6H2,2-4H3,(H,13,14);/p-1/t8?,9-,10-,12?;/m1./s1. The van der Waals surface area contributed by atoms with E-state index in [1.165, 1.54) is 5.57 Å². The summed E-state index contributed by atoms with van der Waals surface area (Å²) in [5.74, 6) is 1.54. The molecule has 1 aliphatic heterocycles. The number of allylic oxidation sites excluding steroid dienone is 1. The monoisotopic (exact) mass is 281 g/mol. The molecular formula is C12H18NOY-. The van der Waals surface area contributed by atoms with Crippen molar-refractivity contribution in [2.24, 2.45) is 17.8 Å². The Labute approximate surface area is 117 Å². The number of amides is 1. The number of carbonyl (C=O) groups excluding carboxylic acids is 1. The van der Waals surface area contributed by atoms with Crippen LogP contribution < -0.4 is 0 Å². The van der Waals surface area contributed by atoms with Crippen molar-refractivity contribution >= 4 is 5.91 Å². The minimum Gasteiger partial charge on any atom is -0.647 e. The van der Waals surface area contributed by atoms with E-state index in [2.05, 4.69) is 32.7 Å². The van der Waals surface area contributed by atoms with E-state index < -0.39 is 0 Å². The molecule has 15 heavy (non-hydrogen) atoms. The molecule has 2 fully saturated rings. The Bertz CT molecular complexity index is 292. The van der Waals surface area contributed by atoms with Crippen molar-refractivity contribution in [3.05, 3.63) is 17.5 Å². The summed E-state index contributed by atoms with van der Waals surface area (Å²) in [7, 11) is 0. The van der Waals surface area contributed by atoms with Gasteiger partial charge in [-0.3, -0.25) is 0 Å². The zero-order valence-corrected chi connectivity index (χ0v) is 12.6. The first-order valence-corrected chi connectivity index (χ1v) is 5.41. The molecule has 1 radical (unpaired) electrons. The molecule has 0 aromatic heterocycles. The first kappa shape index (κ1) is 13.4. The molecule has 1 saturated heterocycles. The number of rotatable bonds is 0. The normalized spacial score (nSPS) is 44.3. The first-order valence-electron chi connectivity index (χ1n) is 5.41. The maximum Gasteiger partial charge on any atom is 0.0506 e. The van der Waals surface area contributed by atoms with Crippen LogP contribution in [0.25, 0.3) is 5.32 Å². The van der Waals surface area contributed by atoms with Gasteiger partial charge in [0.15, 0.2) is 0 Å². The minimum absolute atomic E-state index is 0. The molecule has 2 nitrogen and oxygen atoms in total. The van der Waals surface area contributed by atoms with E-state index in [-0.39, 0.29) is 44.2 Å². The Balaban J connectivity index is 0.00000112. The summed E-state index contributed by atoms with van der Waals surface area (Å²) in [5, 5.41) is 4.28. The van der Waals surface area contributed by atoms with E-state index in [0.29, 0.717) is 24.2 Å². The third-order valence-electron chi connectivity index (χ3n) is 4.37. The van der Waals surface area contributed by atoms with Crippen molar-refractivity contribution in [2.45, 2.75) is 39.2 Å². The molecule has 81 valence electrons. The summed E-state index contributed by atoms with van der Waals surface area (Å²) < 4.78 is 0. The van der Waals surface area contributed by atoms with Gasteiger partial charge in [0.05, 0.1) is 5.91 Å². The third-order valence-corrected chi connectivity index (χ3v) is 4.37. The predicted octanol–water partition coefficient (Wildman–Crippen LogP) is 2.89. The fourth-order valence-electron chi connectivity index (χ4n) is 3.00. The molecule has 1 heterocycles. The molecule has 0 aromatic carbocycles. The van der Waals surface area contributed by atoms with Crippen LogP contribution in [0.2, 0.25) is 0 Å². The Hall–Kier alpha value is 0.314. The van der Waals surface area contributed by atoms with Crippen LogP contribution in [-0.4, -0.2) is 11.4 Å². The van der Waals surface area contributed by atoms with Gasteiger partial charge in [-0.05, 0) is 24.7 Å². The van der Waals surface area contributed by atoms with E-state index in [1.54, 1.807) is 0 Å². The summed E-state index contributed by atoms with van der Waals surface area (Å²) >= 11 is 0. The van der Waals surface area contributed by atoms with Crippen LogP contribution in [0.1, 0.15) is 33.6 Å². The molecule has 1 spiro atoms. The van der Waals surface area contributed by atoms with Crippen molar-refractivity contribution in [1.82, 2.24) is 0 Å². The van der Waals surface area contributed by atoms with Crippen LogP contribution in [0, 0.1) is 17.8 Å². The minimum atomic E-state index is -0.0440. The Kier molecular flexibility index (Phi) is 3.83. The van der Waals surface area contributed by atoms with E-state index >= 15 is 0 Å². The van der Waals surface area contributed by atoms with Crippen molar-refractivity contribution in [3.63, 3.8) is 0 Å².